The molecule has 0 radical (unpaired) electrons. The number of likely N-dealkylation sites (tertiary alicyclic amines) is 1. The number of β-amino-alcohol motifs (C(OH)–C–C–N with tert-alkyl or cyclic N) is 1. The molecule has 0 aliphatic carbocycles. The highest BCUT2D eigenvalue weighted by Crippen LogP contribution is 2.22. The van der Waals surface area contributed by atoms with Gasteiger partial charge in [-0.05, 0) is 24.1 Å². The van der Waals surface area contributed by atoms with Gasteiger partial charge in [-0.2, -0.15) is 0 Å². The van der Waals surface area contributed by atoms with Gasteiger partial charge in [0.25, 0.3) is 0 Å². The van der Waals surface area contributed by atoms with E-state index in [0.29, 0.717) is 24.4 Å². The average molecular weight is 347 g/mol. The summed E-state index contributed by atoms with van der Waals surface area (Å²) in [5.74, 6) is 0.136. The first-order valence-electron chi connectivity index (χ1n) is 7.86. The largest absolute Gasteiger partial charge is 0.391 e. The maximum atomic E-state index is 11.5. The van der Waals surface area contributed by atoms with E-state index in [4.69, 9.17) is 0 Å². The third-order valence-corrected chi connectivity index (χ3v) is 5.46. The number of aliphatic hydroxyl groups excluding tert-OH is 1. The topological polar surface area (TPSA) is 83.4 Å². The maximum absolute atomic E-state index is 11.5. The van der Waals surface area contributed by atoms with Gasteiger partial charge in [0.05, 0.1) is 16.7 Å². The van der Waals surface area contributed by atoms with Crippen LogP contribution in [0.5, 0.6) is 0 Å². The van der Waals surface area contributed by atoms with Crippen molar-refractivity contribution in [3.63, 3.8) is 0 Å². The van der Waals surface area contributed by atoms with Crippen LogP contribution < -0.4 is 0 Å². The Morgan fingerprint density at radius 1 is 1.21 bits per heavy atom. The predicted octanol–water partition coefficient (Wildman–Crippen LogP) is 0.915. The van der Waals surface area contributed by atoms with E-state index >= 15 is 0 Å². The van der Waals surface area contributed by atoms with E-state index in [2.05, 4.69) is 14.9 Å². The summed E-state index contributed by atoms with van der Waals surface area (Å²) in [6.07, 6.45) is 6.56. The van der Waals surface area contributed by atoms with Gasteiger partial charge in [0.15, 0.2) is 9.84 Å². The van der Waals surface area contributed by atoms with E-state index in [0.717, 1.165) is 17.8 Å². The fourth-order valence-electron chi connectivity index (χ4n) is 3.08. The number of hydrogen-bond acceptors (Lipinski definition) is 6. The number of rotatable bonds is 5. The van der Waals surface area contributed by atoms with Crippen LogP contribution in [0.2, 0.25) is 0 Å². The summed E-state index contributed by atoms with van der Waals surface area (Å²) in [4.78, 5) is 10.8. The molecule has 2 atom stereocenters. The van der Waals surface area contributed by atoms with E-state index in [-0.39, 0.29) is 12.0 Å². The molecule has 0 unspecified atom stereocenters. The first kappa shape index (κ1) is 17.0. The Balaban J connectivity index is 1.61. The lowest BCUT2D eigenvalue weighted by molar-refractivity contribution is 0.140. The SMILES string of the molecule is CS(=O)(=O)c1ccc(CN2C[C@@H](Cc3cnccn3)[C@H](O)C2)cc1. The van der Waals surface area contributed by atoms with Crippen LogP contribution in [-0.4, -0.2) is 53.8 Å². The molecule has 24 heavy (non-hydrogen) atoms. The summed E-state index contributed by atoms with van der Waals surface area (Å²) in [5, 5.41) is 10.3. The zero-order chi connectivity index (χ0) is 17.2. The Bertz CT molecular complexity index is 778. The fraction of sp³-hybridized carbons (Fsp3) is 0.412. The molecule has 7 heteroatoms. The molecule has 1 aromatic carbocycles. The summed E-state index contributed by atoms with van der Waals surface area (Å²) in [7, 11) is -3.17. The first-order valence-corrected chi connectivity index (χ1v) is 9.75. The highest BCUT2D eigenvalue weighted by atomic mass is 32.2. The van der Waals surface area contributed by atoms with Crippen LogP contribution in [0.1, 0.15) is 11.3 Å². The molecule has 0 spiro atoms. The number of hydrogen-bond donors (Lipinski definition) is 1. The molecule has 1 aliphatic rings. The van der Waals surface area contributed by atoms with Gasteiger partial charge in [-0.1, -0.05) is 12.1 Å². The van der Waals surface area contributed by atoms with Gasteiger partial charge >= 0.3 is 0 Å². The standard InChI is InChI=1S/C17H21N3O3S/c1-24(22,23)16-4-2-13(3-5-16)10-20-11-14(17(21)12-20)8-15-9-18-6-7-19-15/h2-7,9,14,17,21H,8,10-12H2,1H3/t14-,17-/m1/s1. The molecule has 0 amide bonds. The molecule has 1 aromatic heterocycles. The molecule has 1 saturated heterocycles. The van der Waals surface area contributed by atoms with Crippen LogP contribution in [0.15, 0.2) is 47.8 Å². The molecule has 1 N–H and O–H groups in total. The first-order chi connectivity index (χ1) is 11.4. The average Bonchev–Trinajstić information content (AvgIpc) is 2.87. The number of benzene rings is 1. The van der Waals surface area contributed by atoms with Crippen LogP contribution in [0.4, 0.5) is 0 Å². The van der Waals surface area contributed by atoms with Crippen molar-refractivity contribution < 1.29 is 13.5 Å². The zero-order valence-electron chi connectivity index (χ0n) is 13.5. The summed E-state index contributed by atoms with van der Waals surface area (Å²) >= 11 is 0. The Hall–Kier alpha value is -1.83. The summed E-state index contributed by atoms with van der Waals surface area (Å²) in [6.45, 7) is 2.09. The second-order valence-electron chi connectivity index (χ2n) is 6.34. The molecule has 1 aliphatic heterocycles. The summed E-state index contributed by atoms with van der Waals surface area (Å²) in [6, 6.07) is 6.93. The molecule has 6 nitrogen and oxygen atoms in total. The molecular formula is C17H21N3O3S. The fourth-order valence-corrected chi connectivity index (χ4v) is 3.71. The van der Waals surface area contributed by atoms with Gasteiger partial charge in [0.2, 0.25) is 0 Å². The van der Waals surface area contributed by atoms with Crippen molar-refractivity contribution in [3.05, 3.63) is 54.1 Å². The number of sulfone groups is 1. The van der Waals surface area contributed by atoms with Gasteiger partial charge in [0, 0.05) is 50.4 Å². The van der Waals surface area contributed by atoms with Crippen LogP contribution in [-0.2, 0) is 22.8 Å². The van der Waals surface area contributed by atoms with E-state index in [1.807, 2.05) is 12.1 Å². The maximum Gasteiger partial charge on any atom is 0.175 e. The number of nitrogens with zero attached hydrogens (tertiary/aromatic N) is 3. The minimum atomic E-state index is -3.17. The van der Waals surface area contributed by atoms with E-state index in [1.54, 1.807) is 30.7 Å². The van der Waals surface area contributed by atoms with Gasteiger partial charge in [-0.15, -0.1) is 0 Å². The smallest absolute Gasteiger partial charge is 0.175 e. The number of aliphatic hydroxyl groups is 1. The Labute approximate surface area is 142 Å². The van der Waals surface area contributed by atoms with Crippen LogP contribution in [0.3, 0.4) is 0 Å². The second-order valence-corrected chi connectivity index (χ2v) is 8.35. The molecule has 3 rings (SSSR count). The van der Waals surface area contributed by atoms with Crippen molar-refractivity contribution in [1.82, 2.24) is 14.9 Å². The minimum Gasteiger partial charge on any atom is -0.391 e. The quantitative estimate of drug-likeness (QED) is 0.866. The molecule has 128 valence electrons. The summed E-state index contributed by atoms with van der Waals surface area (Å²) in [5.41, 5.74) is 1.93. The third-order valence-electron chi connectivity index (χ3n) is 4.33. The predicted molar refractivity (Wildman–Crippen MR) is 90.1 cm³/mol. The molecular weight excluding hydrogens is 326 g/mol. The van der Waals surface area contributed by atoms with Crippen molar-refractivity contribution in [2.24, 2.45) is 5.92 Å². The van der Waals surface area contributed by atoms with Crippen molar-refractivity contribution in [2.75, 3.05) is 19.3 Å². The van der Waals surface area contributed by atoms with Crippen molar-refractivity contribution in [3.8, 4) is 0 Å². The third kappa shape index (κ3) is 4.17. The van der Waals surface area contributed by atoms with E-state index in [9.17, 15) is 13.5 Å². The second kappa shape index (κ2) is 6.96. The van der Waals surface area contributed by atoms with Crippen molar-refractivity contribution in [1.29, 1.82) is 0 Å². The molecule has 0 bridgehead atoms. The molecule has 1 fully saturated rings. The van der Waals surface area contributed by atoms with Crippen molar-refractivity contribution in [2.45, 2.75) is 24.0 Å². The van der Waals surface area contributed by atoms with Crippen LogP contribution in [0, 0.1) is 5.92 Å². The molecule has 2 aromatic rings. The Kier molecular flexibility index (Phi) is 4.93. The highest BCUT2D eigenvalue weighted by Gasteiger charge is 2.31. The highest BCUT2D eigenvalue weighted by molar-refractivity contribution is 7.90. The zero-order valence-corrected chi connectivity index (χ0v) is 14.4. The van der Waals surface area contributed by atoms with Gasteiger partial charge in [-0.25, -0.2) is 8.42 Å². The Morgan fingerprint density at radius 3 is 2.58 bits per heavy atom. The van der Waals surface area contributed by atoms with Crippen LogP contribution >= 0.6 is 0 Å². The molecule has 2 heterocycles. The van der Waals surface area contributed by atoms with Gasteiger partial charge < -0.3 is 5.11 Å². The van der Waals surface area contributed by atoms with Crippen LogP contribution in [0.25, 0.3) is 0 Å². The minimum absolute atomic E-state index is 0.136. The lowest BCUT2D eigenvalue weighted by Crippen LogP contribution is -2.21. The van der Waals surface area contributed by atoms with Gasteiger partial charge in [0.1, 0.15) is 0 Å². The number of aromatic nitrogens is 2. The normalized spacial score (nSPS) is 21.9. The van der Waals surface area contributed by atoms with E-state index in [1.165, 1.54) is 6.26 Å². The monoisotopic (exact) mass is 347 g/mol. The lowest BCUT2D eigenvalue weighted by Gasteiger charge is -2.15. The van der Waals surface area contributed by atoms with Crippen molar-refractivity contribution >= 4 is 9.84 Å². The summed E-state index contributed by atoms with van der Waals surface area (Å²) < 4.78 is 23.0. The Morgan fingerprint density at radius 2 is 1.96 bits per heavy atom. The lowest BCUT2D eigenvalue weighted by atomic mass is 10.0. The van der Waals surface area contributed by atoms with Gasteiger partial charge in [-0.3, -0.25) is 14.9 Å². The molecule has 0 saturated carbocycles. The van der Waals surface area contributed by atoms with E-state index < -0.39 is 9.84 Å².